The van der Waals surface area contributed by atoms with Gasteiger partial charge in [0, 0.05) is 42.7 Å². The number of carbonyl (C=O) groups is 2. The number of hydrogen-bond donors (Lipinski definition) is 1. The van der Waals surface area contributed by atoms with Gasteiger partial charge >= 0.3 is 0 Å². The number of aryl methyl sites for hydroxylation is 1. The first-order chi connectivity index (χ1) is 15.7. The molecule has 0 unspecified atom stereocenters. The van der Waals surface area contributed by atoms with E-state index in [0.29, 0.717) is 19.5 Å². The summed E-state index contributed by atoms with van der Waals surface area (Å²) < 4.78 is 0. The number of H-pyrrole nitrogens is 1. The van der Waals surface area contributed by atoms with Crippen molar-refractivity contribution in [2.45, 2.75) is 60.0 Å². The van der Waals surface area contributed by atoms with Crippen LogP contribution in [0.25, 0.3) is 10.9 Å². The van der Waals surface area contributed by atoms with Gasteiger partial charge < -0.3 is 14.8 Å². The van der Waals surface area contributed by atoms with Crippen molar-refractivity contribution >= 4 is 22.7 Å². The number of rotatable bonds is 10. The van der Waals surface area contributed by atoms with Crippen LogP contribution in [0.4, 0.5) is 0 Å². The molecule has 2 amide bonds. The predicted octanol–water partition coefficient (Wildman–Crippen LogP) is 5.33. The van der Waals surface area contributed by atoms with Crippen molar-refractivity contribution in [3.05, 3.63) is 71.4 Å². The molecule has 0 atom stereocenters. The van der Waals surface area contributed by atoms with Gasteiger partial charge in [-0.1, -0.05) is 61.9 Å². The Hall–Kier alpha value is -3.08. The number of aromatic nitrogens is 1. The van der Waals surface area contributed by atoms with Gasteiger partial charge in [0.1, 0.15) is 0 Å². The Labute approximate surface area is 197 Å². The van der Waals surface area contributed by atoms with Crippen molar-refractivity contribution in [2.24, 2.45) is 5.92 Å². The first-order valence-corrected chi connectivity index (χ1v) is 11.9. The third-order valence-electron chi connectivity index (χ3n) is 6.00. The van der Waals surface area contributed by atoms with Crippen molar-refractivity contribution in [1.82, 2.24) is 14.8 Å². The normalized spacial score (nSPS) is 11.4. The standard InChI is InChI=1S/C28H37N3O2/c1-20(2)16-27(32)31(21(3)4)19-28(33)30(18-23-12-10-22(5)11-13-23)15-14-24-17-29-26-9-7-6-8-25(24)26/h6-13,17,20-21,29H,14-16,18-19H2,1-5H3. The lowest BCUT2D eigenvalue weighted by Gasteiger charge is -2.31. The van der Waals surface area contributed by atoms with Crippen LogP contribution in [0.3, 0.4) is 0 Å². The highest BCUT2D eigenvalue weighted by Crippen LogP contribution is 2.19. The van der Waals surface area contributed by atoms with Gasteiger partial charge in [0.2, 0.25) is 11.8 Å². The van der Waals surface area contributed by atoms with Gasteiger partial charge in [-0.3, -0.25) is 9.59 Å². The number of amides is 2. The zero-order chi connectivity index (χ0) is 24.0. The maximum atomic E-state index is 13.5. The number of fused-ring (bicyclic) bond motifs is 1. The van der Waals surface area contributed by atoms with Crippen molar-refractivity contribution < 1.29 is 9.59 Å². The zero-order valence-corrected chi connectivity index (χ0v) is 20.6. The second-order valence-electron chi connectivity index (χ2n) is 9.62. The quantitative estimate of drug-likeness (QED) is 0.457. The Morgan fingerprint density at radius 3 is 2.30 bits per heavy atom. The molecule has 0 aliphatic heterocycles. The van der Waals surface area contributed by atoms with E-state index in [1.165, 1.54) is 16.5 Å². The van der Waals surface area contributed by atoms with Gasteiger partial charge in [0.15, 0.2) is 0 Å². The Balaban J connectivity index is 1.78. The summed E-state index contributed by atoms with van der Waals surface area (Å²) in [6, 6.07) is 16.5. The molecule has 5 heteroatoms. The maximum absolute atomic E-state index is 13.5. The van der Waals surface area contributed by atoms with Crippen LogP contribution >= 0.6 is 0 Å². The van der Waals surface area contributed by atoms with Gasteiger partial charge in [-0.05, 0) is 50.3 Å². The molecule has 0 aliphatic carbocycles. The van der Waals surface area contributed by atoms with E-state index in [1.54, 1.807) is 4.90 Å². The van der Waals surface area contributed by atoms with Crippen LogP contribution in [0, 0.1) is 12.8 Å². The van der Waals surface area contributed by atoms with Crippen LogP contribution in [0.2, 0.25) is 0 Å². The SMILES string of the molecule is Cc1ccc(CN(CCc2c[nH]c3ccccc23)C(=O)CN(C(=O)CC(C)C)C(C)C)cc1. The number of nitrogens with one attached hydrogen (secondary N) is 1. The van der Waals surface area contributed by atoms with Crippen molar-refractivity contribution in [3.8, 4) is 0 Å². The Kier molecular flexibility index (Phi) is 8.32. The molecule has 0 fully saturated rings. The molecule has 0 saturated heterocycles. The number of hydrogen-bond acceptors (Lipinski definition) is 2. The van der Waals surface area contributed by atoms with Gasteiger partial charge in [-0.25, -0.2) is 0 Å². The van der Waals surface area contributed by atoms with Gasteiger partial charge in [-0.15, -0.1) is 0 Å². The summed E-state index contributed by atoms with van der Waals surface area (Å²) in [5.74, 6) is 0.292. The molecule has 1 N–H and O–H groups in total. The molecule has 0 aliphatic rings. The molecule has 176 valence electrons. The highest BCUT2D eigenvalue weighted by molar-refractivity contribution is 5.85. The molecule has 33 heavy (non-hydrogen) atoms. The van der Waals surface area contributed by atoms with E-state index in [-0.39, 0.29) is 30.3 Å². The second kappa shape index (κ2) is 11.2. The van der Waals surface area contributed by atoms with Gasteiger partial charge in [-0.2, -0.15) is 0 Å². The van der Waals surface area contributed by atoms with Crippen molar-refractivity contribution in [1.29, 1.82) is 0 Å². The minimum atomic E-state index is -0.0185. The lowest BCUT2D eigenvalue weighted by molar-refractivity contribution is -0.142. The average Bonchev–Trinajstić information content (AvgIpc) is 3.18. The van der Waals surface area contributed by atoms with Gasteiger partial charge in [0.05, 0.1) is 6.54 Å². The minimum absolute atomic E-state index is 0.0128. The van der Waals surface area contributed by atoms with Crippen LogP contribution in [-0.2, 0) is 22.6 Å². The molecule has 0 spiro atoms. The molecular formula is C28H37N3O2. The van der Waals surface area contributed by atoms with Crippen LogP contribution in [0.15, 0.2) is 54.7 Å². The lowest BCUT2D eigenvalue weighted by Crippen LogP contribution is -2.46. The smallest absolute Gasteiger partial charge is 0.242 e. The Morgan fingerprint density at radius 1 is 0.939 bits per heavy atom. The van der Waals surface area contributed by atoms with E-state index in [0.717, 1.165) is 17.5 Å². The topological polar surface area (TPSA) is 56.4 Å². The molecule has 1 heterocycles. The number of nitrogens with zero attached hydrogens (tertiary/aromatic N) is 2. The third kappa shape index (κ3) is 6.70. The molecule has 0 bridgehead atoms. The highest BCUT2D eigenvalue weighted by atomic mass is 16.2. The van der Waals surface area contributed by atoms with Gasteiger partial charge in [0.25, 0.3) is 0 Å². The van der Waals surface area contributed by atoms with Crippen LogP contribution in [0.5, 0.6) is 0 Å². The van der Waals surface area contributed by atoms with E-state index in [4.69, 9.17) is 0 Å². The Bertz CT molecular complexity index is 1070. The zero-order valence-electron chi connectivity index (χ0n) is 20.6. The number of aromatic amines is 1. The highest BCUT2D eigenvalue weighted by Gasteiger charge is 2.24. The molecule has 5 nitrogen and oxygen atoms in total. The fourth-order valence-electron chi connectivity index (χ4n) is 4.07. The first kappa shape index (κ1) is 24.6. The molecule has 3 rings (SSSR count). The summed E-state index contributed by atoms with van der Waals surface area (Å²) in [7, 11) is 0. The monoisotopic (exact) mass is 447 g/mol. The molecule has 2 aromatic carbocycles. The fraction of sp³-hybridized carbons (Fsp3) is 0.429. The molecule has 1 aromatic heterocycles. The molecule has 0 radical (unpaired) electrons. The molecular weight excluding hydrogens is 410 g/mol. The molecule has 0 saturated carbocycles. The van der Waals surface area contributed by atoms with Crippen LogP contribution < -0.4 is 0 Å². The largest absolute Gasteiger partial charge is 0.361 e. The van der Waals surface area contributed by atoms with Crippen molar-refractivity contribution in [2.75, 3.05) is 13.1 Å². The lowest BCUT2D eigenvalue weighted by atomic mass is 10.1. The fourth-order valence-corrected chi connectivity index (χ4v) is 4.07. The van der Waals surface area contributed by atoms with Crippen LogP contribution in [0.1, 0.15) is 50.8 Å². The third-order valence-corrected chi connectivity index (χ3v) is 6.00. The summed E-state index contributed by atoms with van der Waals surface area (Å²) in [4.78, 5) is 33.2. The Morgan fingerprint density at radius 2 is 1.64 bits per heavy atom. The van der Waals surface area contributed by atoms with E-state index >= 15 is 0 Å². The molecule has 3 aromatic rings. The predicted molar refractivity (Wildman–Crippen MR) is 135 cm³/mol. The maximum Gasteiger partial charge on any atom is 0.242 e. The number of benzene rings is 2. The summed E-state index contributed by atoms with van der Waals surface area (Å²) >= 11 is 0. The van der Waals surface area contributed by atoms with Crippen LogP contribution in [-0.4, -0.2) is 45.7 Å². The summed E-state index contributed by atoms with van der Waals surface area (Å²) in [5, 5.41) is 1.19. The van der Waals surface area contributed by atoms with E-state index < -0.39 is 0 Å². The van der Waals surface area contributed by atoms with E-state index in [2.05, 4.69) is 48.3 Å². The first-order valence-electron chi connectivity index (χ1n) is 11.9. The summed E-state index contributed by atoms with van der Waals surface area (Å²) in [6.45, 7) is 11.3. The summed E-state index contributed by atoms with van der Waals surface area (Å²) in [6.07, 6.45) is 3.24. The second-order valence-corrected chi connectivity index (χ2v) is 9.62. The van der Waals surface area contributed by atoms with Crippen molar-refractivity contribution in [3.63, 3.8) is 0 Å². The van der Waals surface area contributed by atoms with E-state index in [9.17, 15) is 9.59 Å². The summed E-state index contributed by atoms with van der Waals surface area (Å²) in [5.41, 5.74) is 4.59. The average molecular weight is 448 g/mol. The minimum Gasteiger partial charge on any atom is -0.361 e. The number of para-hydroxylation sites is 1. The van der Waals surface area contributed by atoms with E-state index in [1.807, 2.05) is 50.9 Å². The number of carbonyl (C=O) groups excluding carboxylic acids is 2.